The van der Waals surface area contributed by atoms with Crippen LogP contribution in [-0.2, 0) is 9.47 Å². The van der Waals surface area contributed by atoms with E-state index in [1.807, 2.05) is 0 Å². The summed E-state index contributed by atoms with van der Waals surface area (Å²) in [5.74, 6) is -0.529. The molecule has 0 unspecified atom stereocenters. The third-order valence-corrected chi connectivity index (χ3v) is 3.95. The Morgan fingerprint density at radius 2 is 2.12 bits per heavy atom. The fourth-order valence-electron chi connectivity index (χ4n) is 2.69. The zero-order chi connectivity index (χ0) is 18.5. The fourth-order valence-corrected chi connectivity index (χ4v) is 2.69. The van der Waals surface area contributed by atoms with Crippen LogP contribution in [0, 0.1) is 0 Å². The first kappa shape index (κ1) is 17.5. The summed E-state index contributed by atoms with van der Waals surface area (Å²) in [6.07, 6.45) is 0.0682. The second-order valence-electron chi connectivity index (χ2n) is 5.62. The van der Waals surface area contributed by atoms with Gasteiger partial charge in [0.1, 0.15) is 18.9 Å². The number of ether oxygens (including phenoxy) is 2. The first-order valence-electron chi connectivity index (χ1n) is 7.82. The monoisotopic (exact) mass is 357 g/mol. The normalized spacial score (nSPS) is 21.8. The lowest BCUT2D eigenvalue weighted by atomic mass is 10.1. The van der Waals surface area contributed by atoms with Gasteiger partial charge in [-0.3, -0.25) is 14.3 Å². The second-order valence-corrected chi connectivity index (χ2v) is 5.62. The van der Waals surface area contributed by atoms with Gasteiger partial charge in [-0.1, -0.05) is 23.3 Å². The lowest BCUT2D eigenvalue weighted by Crippen LogP contribution is -2.32. The molecule has 10 heteroatoms. The van der Waals surface area contributed by atoms with Gasteiger partial charge in [-0.05, 0) is 17.7 Å². The lowest BCUT2D eigenvalue weighted by Gasteiger charge is -2.16. The minimum Gasteiger partial charge on any atom is -0.459 e. The van der Waals surface area contributed by atoms with Gasteiger partial charge < -0.3 is 9.47 Å². The number of aromatic amines is 1. The van der Waals surface area contributed by atoms with Crippen molar-refractivity contribution in [1.82, 2.24) is 9.55 Å². The highest BCUT2D eigenvalue weighted by Crippen LogP contribution is 2.30. The van der Waals surface area contributed by atoms with Crippen LogP contribution in [0.2, 0.25) is 0 Å². The molecule has 2 heterocycles. The van der Waals surface area contributed by atoms with E-state index in [2.05, 4.69) is 15.0 Å². The average molecular weight is 357 g/mol. The molecule has 1 N–H and O–H groups in total. The van der Waals surface area contributed by atoms with E-state index >= 15 is 0 Å². The van der Waals surface area contributed by atoms with Gasteiger partial charge in [-0.2, -0.15) is 0 Å². The van der Waals surface area contributed by atoms with Gasteiger partial charge in [-0.15, -0.1) is 0 Å². The summed E-state index contributed by atoms with van der Waals surface area (Å²) >= 11 is 0. The smallest absolute Gasteiger partial charge is 0.338 e. The van der Waals surface area contributed by atoms with E-state index in [4.69, 9.17) is 15.0 Å². The van der Waals surface area contributed by atoms with E-state index in [1.54, 1.807) is 30.3 Å². The molecule has 0 bridgehead atoms. The summed E-state index contributed by atoms with van der Waals surface area (Å²) < 4.78 is 12.1. The van der Waals surface area contributed by atoms with Crippen molar-refractivity contribution in [2.24, 2.45) is 5.11 Å². The Morgan fingerprint density at radius 3 is 2.81 bits per heavy atom. The Kier molecular flexibility index (Phi) is 5.16. The molecule has 1 aliphatic rings. The zero-order valence-electron chi connectivity index (χ0n) is 13.5. The summed E-state index contributed by atoms with van der Waals surface area (Å²) in [7, 11) is 0. The number of azide groups is 1. The van der Waals surface area contributed by atoms with E-state index in [1.165, 1.54) is 16.8 Å². The topological polar surface area (TPSA) is 139 Å². The Bertz CT molecular complexity index is 947. The third kappa shape index (κ3) is 3.82. The Hall–Kier alpha value is -3.36. The number of hydrogen-bond donors (Lipinski definition) is 1. The van der Waals surface area contributed by atoms with Crippen molar-refractivity contribution in [1.29, 1.82) is 0 Å². The SMILES string of the molecule is [N-]=[N+]=N[C@H]1C[C@H](n2ccc(=O)[nH]c2=O)O[C@@H]1COC(=O)c1ccccc1. The fraction of sp³-hybridized carbons (Fsp3) is 0.312. The van der Waals surface area contributed by atoms with Crippen molar-refractivity contribution in [3.8, 4) is 0 Å². The van der Waals surface area contributed by atoms with Crippen molar-refractivity contribution >= 4 is 5.97 Å². The number of carbonyl (C=O) groups is 1. The zero-order valence-corrected chi connectivity index (χ0v) is 13.5. The van der Waals surface area contributed by atoms with Crippen LogP contribution >= 0.6 is 0 Å². The highest BCUT2D eigenvalue weighted by molar-refractivity contribution is 5.89. The van der Waals surface area contributed by atoms with E-state index in [9.17, 15) is 14.4 Å². The number of nitrogens with one attached hydrogen (secondary N) is 1. The molecule has 134 valence electrons. The standard InChI is InChI=1S/C16H15N5O5/c17-20-19-11-8-14(21-7-6-13(22)18-16(21)24)26-12(11)9-25-15(23)10-4-2-1-3-5-10/h1-7,11-12,14H,8-9H2,(H,18,22,24)/t11-,12+,14+/m0/s1. The minimum absolute atomic E-state index is 0.133. The number of rotatable bonds is 5. The Morgan fingerprint density at radius 1 is 1.35 bits per heavy atom. The van der Waals surface area contributed by atoms with Crippen LogP contribution in [0.5, 0.6) is 0 Å². The van der Waals surface area contributed by atoms with Crippen LogP contribution in [0.3, 0.4) is 0 Å². The van der Waals surface area contributed by atoms with Crippen LogP contribution in [0.1, 0.15) is 23.0 Å². The van der Waals surface area contributed by atoms with Crippen LogP contribution in [0.25, 0.3) is 10.4 Å². The molecule has 1 aromatic heterocycles. The number of H-pyrrole nitrogens is 1. The molecular weight excluding hydrogens is 342 g/mol. The number of benzene rings is 1. The molecule has 10 nitrogen and oxygen atoms in total. The van der Waals surface area contributed by atoms with Crippen LogP contribution in [0.15, 0.2) is 57.3 Å². The molecule has 3 atom stereocenters. The van der Waals surface area contributed by atoms with Gasteiger partial charge in [-0.25, -0.2) is 9.59 Å². The van der Waals surface area contributed by atoms with E-state index in [-0.39, 0.29) is 13.0 Å². The summed E-state index contributed by atoms with van der Waals surface area (Å²) in [6, 6.07) is 9.01. The molecule has 0 spiro atoms. The first-order chi connectivity index (χ1) is 12.6. The number of hydrogen-bond acceptors (Lipinski definition) is 6. The highest BCUT2D eigenvalue weighted by atomic mass is 16.6. The van der Waals surface area contributed by atoms with Gasteiger partial charge in [0.2, 0.25) is 0 Å². The molecule has 26 heavy (non-hydrogen) atoms. The predicted octanol–water partition coefficient (Wildman–Crippen LogP) is 1.36. The number of carbonyl (C=O) groups excluding carboxylic acids is 1. The summed E-state index contributed by atoms with van der Waals surface area (Å²) in [5, 5.41) is 3.66. The molecule has 0 saturated carbocycles. The molecule has 3 rings (SSSR count). The largest absolute Gasteiger partial charge is 0.459 e. The second kappa shape index (κ2) is 7.68. The number of esters is 1. The van der Waals surface area contributed by atoms with E-state index in [0.29, 0.717) is 5.56 Å². The van der Waals surface area contributed by atoms with Crippen LogP contribution in [0.4, 0.5) is 0 Å². The molecule has 1 saturated heterocycles. The molecule has 0 radical (unpaired) electrons. The van der Waals surface area contributed by atoms with Crippen LogP contribution < -0.4 is 11.2 Å². The predicted molar refractivity (Wildman–Crippen MR) is 89.5 cm³/mol. The summed E-state index contributed by atoms with van der Waals surface area (Å²) in [4.78, 5) is 40.0. The summed E-state index contributed by atoms with van der Waals surface area (Å²) in [5.41, 5.74) is 7.96. The molecule has 0 amide bonds. The lowest BCUT2D eigenvalue weighted by molar-refractivity contribution is -0.0362. The highest BCUT2D eigenvalue weighted by Gasteiger charge is 2.37. The summed E-state index contributed by atoms with van der Waals surface area (Å²) in [6.45, 7) is -0.133. The molecule has 2 aromatic rings. The molecule has 0 aliphatic carbocycles. The molecular formula is C16H15N5O5. The quantitative estimate of drug-likeness (QED) is 0.372. The average Bonchev–Trinajstić information content (AvgIpc) is 3.03. The number of aromatic nitrogens is 2. The van der Waals surface area contributed by atoms with Crippen molar-refractivity contribution in [2.75, 3.05) is 6.61 Å². The van der Waals surface area contributed by atoms with Crippen LogP contribution in [-0.4, -0.2) is 34.3 Å². The molecule has 1 aromatic carbocycles. The van der Waals surface area contributed by atoms with E-state index < -0.39 is 35.6 Å². The number of nitrogens with zero attached hydrogens (tertiary/aromatic N) is 4. The van der Waals surface area contributed by atoms with Gasteiger partial charge in [0.15, 0.2) is 0 Å². The maximum absolute atomic E-state index is 12.0. The molecule has 1 fully saturated rings. The van der Waals surface area contributed by atoms with Crippen molar-refractivity contribution in [3.63, 3.8) is 0 Å². The van der Waals surface area contributed by atoms with Crippen molar-refractivity contribution in [3.05, 3.63) is 79.4 Å². The van der Waals surface area contributed by atoms with Gasteiger partial charge in [0, 0.05) is 23.6 Å². The van der Waals surface area contributed by atoms with E-state index in [0.717, 1.165) is 0 Å². The van der Waals surface area contributed by atoms with Gasteiger partial charge in [0.05, 0.1) is 11.6 Å². The van der Waals surface area contributed by atoms with Gasteiger partial charge >= 0.3 is 11.7 Å². The molecule has 1 aliphatic heterocycles. The minimum atomic E-state index is -0.740. The van der Waals surface area contributed by atoms with Crippen molar-refractivity contribution < 1.29 is 14.3 Å². The Balaban J connectivity index is 1.71. The van der Waals surface area contributed by atoms with Crippen molar-refractivity contribution in [2.45, 2.75) is 24.8 Å². The first-order valence-corrected chi connectivity index (χ1v) is 7.82. The maximum Gasteiger partial charge on any atom is 0.338 e. The Labute approximate surface area is 146 Å². The maximum atomic E-state index is 12.0. The van der Waals surface area contributed by atoms with Gasteiger partial charge in [0.25, 0.3) is 5.56 Å². The third-order valence-electron chi connectivity index (χ3n) is 3.95.